The number of carbonyl (C=O) groups is 1. The van der Waals surface area contributed by atoms with Crippen LogP contribution in [0.3, 0.4) is 0 Å². The van der Waals surface area contributed by atoms with Crippen molar-refractivity contribution in [1.82, 2.24) is 4.90 Å². The Kier molecular flexibility index (Phi) is 5.93. The number of rotatable bonds is 4. The normalized spacial score (nSPS) is 16.3. The van der Waals surface area contributed by atoms with Crippen molar-refractivity contribution in [3.05, 3.63) is 64.2 Å². The number of likely N-dealkylation sites (tertiary alicyclic amines) is 1. The molecule has 0 bridgehead atoms. The number of carbonyl (C=O) groups excluding carboxylic acids is 1. The maximum absolute atomic E-state index is 13.1. The largest absolute Gasteiger partial charge is 0.390 e. The van der Waals surface area contributed by atoms with Gasteiger partial charge in [-0.15, -0.1) is 11.3 Å². The second kappa shape index (κ2) is 8.33. The van der Waals surface area contributed by atoms with E-state index < -0.39 is 0 Å². The molecule has 2 heterocycles. The molecule has 0 saturated carbocycles. The zero-order valence-corrected chi connectivity index (χ0v) is 19.4. The highest BCUT2D eigenvalue weighted by Crippen LogP contribution is 2.43. The van der Waals surface area contributed by atoms with Crippen molar-refractivity contribution in [3.8, 4) is 0 Å². The van der Waals surface area contributed by atoms with Gasteiger partial charge in [0.1, 0.15) is 0 Å². The van der Waals surface area contributed by atoms with Crippen molar-refractivity contribution in [2.24, 2.45) is 5.41 Å². The number of anilines is 1. The number of ketones is 1. The summed E-state index contributed by atoms with van der Waals surface area (Å²) in [6, 6.07) is 13.2. The fourth-order valence-electron chi connectivity index (χ4n) is 4.55. The van der Waals surface area contributed by atoms with Gasteiger partial charge in [0, 0.05) is 22.4 Å². The molecule has 1 aliphatic heterocycles. The number of thiophene rings is 1. The molecule has 1 saturated heterocycles. The number of nitrogen functional groups attached to an aromatic ring is 1. The molecule has 2 aromatic carbocycles. The lowest BCUT2D eigenvalue weighted by molar-refractivity contribution is 0.103. The maximum atomic E-state index is 13.1. The Balaban J connectivity index is 1.62. The summed E-state index contributed by atoms with van der Waals surface area (Å²) in [5.41, 5.74) is 9.24. The second-order valence-electron chi connectivity index (χ2n) is 9.51. The van der Waals surface area contributed by atoms with Crippen molar-refractivity contribution >= 4 is 43.8 Å². The monoisotopic (exact) mass is 440 g/mol. The average molecular weight is 441 g/mol. The summed E-state index contributed by atoms with van der Waals surface area (Å²) in [7, 11) is 0. The van der Waals surface area contributed by atoms with E-state index in [1.54, 1.807) is 23.5 Å². The van der Waals surface area contributed by atoms with Crippen LogP contribution < -0.4 is 5.73 Å². The molecular weight excluding hydrogens is 412 g/mol. The van der Waals surface area contributed by atoms with Crippen LogP contribution in [0.5, 0.6) is 0 Å². The number of piperidine rings is 1. The van der Waals surface area contributed by atoms with Crippen LogP contribution in [0.4, 0.5) is 5.00 Å². The number of nitrogens with two attached hydrogens (primary N) is 1. The molecule has 1 aliphatic rings. The molecule has 0 amide bonds. The van der Waals surface area contributed by atoms with E-state index in [-0.39, 0.29) is 5.78 Å². The van der Waals surface area contributed by atoms with E-state index in [9.17, 15) is 4.79 Å². The van der Waals surface area contributed by atoms with Gasteiger partial charge in [-0.05, 0) is 78.5 Å². The van der Waals surface area contributed by atoms with Crippen molar-refractivity contribution in [2.75, 3.05) is 25.4 Å². The quantitative estimate of drug-likeness (QED) is 0.465. The highest BCUT2D eigenvalue weighted by molar-refractivity contribution is 7.22. The molecule has 0 aliphatic carbocycles. The molecule has 2 N–H and O–H groups in total. The molecular formula is C25H29ClN2OS. The minimum absolute atomic E-state index is 0.0433. The molecule has 4 rings (SSSR count). The summed E-state index contributed by atoms with van der Waals surface area (Å²) in [4.78, 5) is 15.6. The summed E-state index contributed by atoms with van der Waals surface area (Å²) in [6.45, 7) is 10.2. The standard InChI is InChI=1S/C25H29ClN2OS/c1-25(2,3)15-28-12-10-16(11-13-28)22-19-14-17(8-9-21(19)30-24(22)27)23(29)18-6-4-5-7-20(18)26/h4-9,14,16H,10-13,15,27H2,1-3H3. The van der Waals surface area contributed by atoms with E-state index in [4.69, 9.17) is 17.3 Å². The van der Waals surface area contributed by atoms with Crippen molar-refractivity contribution in [3.63, 3.8) is 0 Å². The number of benzene rings is 2. The van der Waals surface area contributed by atoms with E-state index in [1.807, 2.05) is 30.3 Å². The minimum atomic E-state index is -0.0433. The third kappa shape index (κ3) is 4.41. The molecule has 0 atom stereocenters. The molecule has 158 valence electrons. The average Bonchev–Trinajstić information content (AvgIpc) is 3.02. The van der Waals surface area contributed by atoms with Crippen LogP contribution in [0.1, 0.15) is 61.0 Å². The highest BCUT2D eigenvalue weighted by Gasteiger charge is 2.27. The van der Waals surface area contributed by atoms with Gasteiger partial charge in [-0.3, -0.25) is 4.79 Å². The molecule has 0 unspecified atom stereocenters. The van der Waals surface area contributed by atoms with Gasteiger partial charge in [-0.25, -0.2) is 0 Å². The van der Waals surface area contributed by atoms with Crippen molar-refractivity contribution in [1.29, 1.82) is 0 Å². The Labute approximate surface area is 187 Å². The topological polar surface area (TPSA) is 46.3 Å². The molecule has 3 aromatic rings. The number of hydrogen-bond donors (Lipinski definition) is 1. The Morgan fingerprint density at radius 1 is 1.17 bits per heavy atom. The fourth-order valence-corrected chi connectivity index (χ4v) is 5.81. The lowest BCUT2D eigenvalue weighted by Gasteiger charge is -2.36. The van der Waals surface area contributed by atoms with Gasteiger partial charge in [-0.1, -0.05) is 44.5 Å². The zero-order chi connectivity index (χ0) is 21.5. The Bertz CT molecular complexity index is 1070. The molecule has 3 nitrogen and oxygen atoms in total. The molecule has 1 fully saturated rings. The highest BCUT2D eigenvalue weighted by atomic mass is 35.5. The van der Waals surface area contributed by atoms with Gasteiger partial charge < -0.3 is 10.6 Å². The summed E-state index contributed by atoms with van der Waals surface area (Å²) >= 11 is 7.89. The SMILES string of the molecule is CC(C)(C)CN1CCC(c2c(N)sc3ccc(C(=O)c4ccccc4Cl)cc23)CC1. The van der Waals surface area contributed by atoms with Crippen LogP contribution in [0, 0.1) is 5.41 Å². The van der Waals surface area contributed by atoms with Crippen LogP contribution in [-0.4, -0.2) is 30.3 Å². The van der Waals surface area contributed by atoms with E-state index in [2.05, 4.69) is 25.7 Å². The predicted molar refractivity (Wildman–Crippen MR) is 129 cm³/mol. The van der Waals surface area contributed by atoms with Gasteiger partial charge in [0.25, 0.3) is 0 Å². The lowest BCUT2D eigenvalue weighted by Crippen LogP contribution is -2.38. The Morgan fingerprint density at radius 3 is 2.53 bits per heavy atom. The summed E-state index contributed by atoms with van der Waals surface area (Å²) in [5, 5.41) is 2.50. The molecule has 5 heteroatoms. The summed E-state index contributed by atoms with van der Waals surface area (Å²) < 4.78 is 1.15. The molecule has 30 heavy (non-hydrogen) atoms. The van der Waals surface area contributed by atoms with Crippen LogP contribution >= 0.6 is 22.9 Å². The van der Waals surface area contributed by atoms with E-state index >= 15 is 0 Å². The van der Waals surface area contributed by atoms with E-state index in [1.165, 1.54) is 5.56 Å². The second-order valence-corrected chi connectivity index (χ2v) is 11.0. The minimum Gasteiger partial charge on any atom is -0.390 e. The third-order valence-electron chi connectivity index (χ3n) is 5.83. The first kappa shape index (κ1) is 21.4. The van der Waals surface area contributed by atoms with Crippen LogP contribution in [-0.2, 0) is 0 Å². The van der Waals surface area contributed by atoms with E-state index in [0.717, 1.165) is 47.6 Å². The summed E-state index contributed by atoms with van der Waals surface area (Å²) in [5.74, 6) is 0.402. The van der Waals surface area contributed by atoms with Crippen molar-refractivity contribution < 1.29 is 4.79 Å². The van der Waals surface area contributed by atoms with Gasteiger partial charge in [-0.2, -0.15) is 0 Å². The van der Waals surface area contributed by atoms with Crippen LogP contribution in [0.25, 0.3) is 10.1 Å². The first-order valence-electron chi connectivity index (χ1n) is 10.6. The predicted octanol–water partition coefficient (Wildman–Crippen LogP) is 6.59. The van der Waals surface area contributed by atoms with E-state index in [0.29, 0.717) is 27.5 Å². The fraction of sp³-hybridized carbons (Fsp3) is 0.400. The smallest absolute Gasteiger partial charge is 0.194 e. The third-order valence-corrected chi connectivity index (χ3v) is 7.17. The zero-order valence-electron chi connectivity index (χ0n) is 17.9. The number of halogens is 1. The van der Waals surface area contributed by atoms with Crippen LogP contribution in [0.15, 0.2) is 42.5 Å². The van der Waals surface area contributed by atoms with Crippen molar-refractivity contribution in [2.45, 2.75) is 39.5 Å². The first-order chi connectivity index (χ1) is 14.2. The Hall–Kier alpha value is -1.88. The number of hydrogen-bond acceptors (Lipinski definition) is 4. The Morgan fingerprint density at radius 2 is 1.87 bits per heavy atom. The van der Waals surface area contributed by atoms with Gasteiger partial charge in [0.2, 0.25) is 0 Å². The van der Waals surface area contributed by atoms with Gasteiger partial charge in [0.15, 0.2) is 5.78 Å². The maximum Gasteiger partial charge on any atom is 0.194 e. The van der Waals surface area contributed by atoms with Gasteiger partial charge >= 0.3 is 0 Å². The number of nitrogens with zero attached hydrogens (tertiary/aromatic N) is 1. The van der Waals surface area contributed by atoms with Gasteiger partial charge in [0.05, 0.1) is 10.0 Å². The first-order valence-corrected chi connectivity index (χ1v) is 11.8. The summed E-state index contributed by atoms with van der Waals surface area (Å²) in [6.07, 6.45) is 2.21. The van der Waals surface area contributed by atoms with Crippen LogP contribution in [0.2, 0.25) is 5.02 Å². The molecule has 0 spiro atoms. The lowest BCUT2D eigenvalue weighted by atomic mass is 9.86. The molecule has 1 aromatic heterocycles. The molecule has 0 radical (unpaired) electrons. The number of fused-ring (bicyclic) bond motifs is 1.